The molecule has 0 saturated carbocycles. The first-order valence-corrected chi connectivity index (χ1v) is 8.05. The number of hydrazine groups is 1. The molecule has 6 heteroatoms. The van der Waals surface area contributed by atoms with Crippen molar-refractivity contribution in [3.05, 3.63) is 59.7 Å². The van der Waals surface area contributed by atoms with Gasteiger partial charge in [-0.3, -0.25) is 20.4 Å². The van der Waals surface area contributed by atoms with Crippen molar-refractivity contribution in [1.82, 2.24) is 10.9 Å². The predicted octanol–water partition coefficient (Wildman–Crippen LogP) is 2.95. The van der Waals surface area contributed by atoms with Crippen LogP contribution in [0.25, 0.3) is 0 Å². The van der Waals surface area contributed by atoms with Gasteiger partial charge in [-0.15, -0.1) is 0 Å². The van der Waals surface area contributed by atoms with Crippen LogP contribution in [-0.4, -0.2) is 25.0 Å². The van der Waals surface area contributed by atoms with Crippen molar-refractivity contribution in [3.8, 4) is 11.5 Å². The van der Waals surface area contributed by atoms with E-state index in [-0.39, 0.29) is 6.10 Å². The highest BCUT2D eigenvalue weighted by molar-refractivity contribution is 5.99. The number of rotatable bonds is 6. The molecule has 0 saturated heterocycles. The third kappa shape index (κ3) is 5.24. The first-order valence-electron chi connectivity index (χ1n) is 8.05. The van der Waals surface area contributed by atoms with Gasteiger partial charge in [-0.1, -0.05) is 13.0 Å². The average molecular weight is 342 g/mol. The molecule has 0 aliphatic heterocycles. The van der Waals surface area contributed by atoms with Gasteiger partial charge in [-0.2, -0.15) is 0 Å². The van der Waals surface area contributed by atoms with Gasteiger partial charge in [-0.05, 0) is 55.8 Å². The minimum Gasteiger partial charge on any atom is -0.497 e. The second kappa shape index (κ2) is 8.73. The van der Waals surface area contributed by atoms with Gasteiger partial charge < -0.3 is 9.47 Å². The van der Waals surface area contributed by atoms with Gasteiger partial charge in [0, 0.05) is 11.1 Å². The lowest BCUT2D eigenvalue weighted by Crippen LogP contribution is -2.41. The van der Waals surface area contributed by atoms with Crippen LogP contribution in [0.4, 0.5) is 0 Å². The highest BCUT2D eigenvalue weighted by Gasteiger charge is 2.11. The average Bonchev–Trinajstić information content (AvgIpc) is 2.66. The van der Waals surface area contributed by atoms with E-state index in [9.17, 15) is 9.59 Å². The van der Waals surface area contributed by atoms with Crippen molar-refractivity contribution < 1.29 is 19.1 Å². The molecule has 0 aliphatic carbocycles. The van der Waals surface area contributed by atoms with Crippen LogP contribution >= 0.6 is 0 Å². The number of nitrogens with one attached hydrogen (secondary N) is 2. The minimum absolute atomic E-state index is 0.0630. The van der Waals surface area contributed by atoms with Gasteiger partial charge in [0.25, 0.3) is 11.8 Å². The Hall–Kier alpha value is -3.02. The van der Waals surface area contributed by atoms with Crippen LogP contribution in [0.15, 0.2) is 48.5 Å². The number of hydrogen-bond acceptors (Lipinski definition) is 4. The molecule has 132 valence electrons. The number of benzene rings is 2. The van der Waals surface area contributed by atoms with Crippen molar-refractivity contribution in [2.75, 3.05) is 7.11 Å². The van der Waals surface area contributed by atoms with E-state index in [4.69, 9.17) is 9.47 Å². The second-order valence-electron chi connectivity index (χ2n) is 5.50. The summed E-state index contributed by atoms with van der Waals surface area (Å²) in [5.74, 6) is 0.432. The molecule has 2 aromatic carbocycles. The van der Waals surface area contributed by atoms with Crippen LogP contribution in [-0.2, 0) is 0 Å². The summed E-state index contributed by atoms with van der Waals surface area (Å²) in [4.78, 5) is 24.2. The molecule has 0 bridgehead atoms. The summed E-state index contributed by atoms with van der Waals surface area (Å²) in [5, 5.41) is 0. The molecule has 1 unspecified atom stereocenters. The monoisotopic (exact) mass is 342 g/mol. The minimum atomic E-state index is -0.420. The maximum Gasteiger partial charge on any atom is 0.269 e. The molecule has 0 aromatic heterocycles. The molecule has 0 heterocycles. The van der Waals surface area contributed by atoms with Crippen LogP contribution in [0, 0.1) is 0 Å². The first-order chi connectivity index (χ1) is 12.0. The van der Waals surface area contributed by atoms with E-state index < -0.39 is 11.8 Å². The molecule has 0 radical (unpaired) electrons. The van der Waals surface area contributed by atoms with Crippen LogP contribution in [0.5, 0.6) is 11.5 Å². The lowest BCUT2D eigenvalue weighted by molar-refractivity contribution is 0.0846. The maximum atomic E-state index is 12.2. The third-order valence-electron chi connectivity index (χ3n) is 3.65. The van der Waals surface area contributed by atoms with Crippen LogP contribution in [0.2, 0.25) is 0 Å². The molecular formula is C19H22N2O4. The van der Waals surface area contributed by atoms with E-state index in [1.165, 1.54) is 0 Å². The number of hydrogen-bond donors (Lipinski definition) is 2. The molecule has 6 nitrogen and oxygen atoms in total. The van der Waals surface area contributed by atoms with Crippen LogP contribution in [0.3, 0.4) is 0 Å². The summed E-state index contributed by atoms with van der Waals surface area (Å²) in [6.45, 7) is 3.98. The number of ether oxygens (including phenoxy) is 2. The molecule has 2 amide bonds. The highest BCUT2D eigenvalue weighted by atomic mass is 16.5. The fourth-order valence-corrected chi connectivity index (χ4v) is 2.03. The number of carbonyl (C=O) groups is 2. The van der Waals surface area contributed by atoms with Crippen LogP contribution in [0.1, 0.15) is 41.0 Å². The fraction of sp³-hybridized carbons (Fsp3) is 0.263. The lowest BCUT2D eigenvalue weighted by atomic mass is 10.2. The molecule has 2 rings (SSSR count). The van der Waals surface area contributed by atoms with Crippen molar-refractivity contribution in [1.29, 1.82) is 0 Å². The zero-order valence-electron chi connectivity index (χ0n) is 14.5. The van der Waals surface area contributed by atoms with Gasteiger partial charge >= 0.3 is 0 Å². The van der Waals surface area contributed by atoms with Crippen molar-refractivity contribution in [2.45, 2.75) is 26.4 Å². The van der Waals surface area contributed by atoms with Gasteiger partial charge in [0.15, 0.2) is 0 Å². The van der Waals surface area contributed by atoms with E-state index in [0.717, 1.165) is 6.42 Å². The molecule has 2 aromatic rings. The quantitative estimate of drug-likeness (QED) is 0.791. The number of amides is 2. The van der Waals surface area contributed by atoms with Crippen molar-refractivity contribution in [2.24, 2.45) is 0 Å². The molecule has 0 fully saturated rings. The van der Waals surface area contributed by atoms with E-state index >= 15 is 0 Å². The summed E-state index contributed by atoms with van der Waals surface area (Å²) in [6, 6.07) is 13.4. The number of carbonyl (C=O) groups excluding carboxylic acids is 2. The fourth-order valence-electron chi connectivity index (χ4n) is 2.03. The molecule has 2 N–H and O–H groups in total. The van der Waals surface area contributed by atoms with Gasteiger partial charge in [-0.25, -0.2) is 0 Å². The van der Waals surface area contributed by atoms with E-state index in [0.29, 0.717) is 22.6 Å². The molecule has 1 atom stereocenters. The molecule has 0 aliphatic rings. The van der Waals surface area contributed by atoms with E-state index in [2.05, 4.69) is 10.9 Å². The summed E-state index contributed by atoms with van der Waals surface area (Å²) < 4.78 is 10.7. The Bertz CT molecular complexity index is 728. The highest BCUT2D eigenvalue weighted by Crippen LogP contribution is 2.16. The summed E-state index contributed by atoms with van der Waals surface area (Å²) in [6.07, 6.45) is 0.932. The Morgan fingerprint density at radius 3 is 2.20 bits per heavy atom. The summed E-state index contributed by atoms with van der Waals surface area (Å²) in [5.41, 5.74) is 5.59. The van der Waals surface area contributed by atoms with Crippen LogP contribution < -0.4 is 20.3 Å². The summed E-state index contributed by atoms with van der Waals surface area (Å²) in [7, 11) is 1.55. The van der Waals surface area contributed by atoms with Gasteiger partial charge in [0.2, 0.25) is 0 Å². The molecular weight excluding hydrogens is 320 g/mol. The SMILES string of the molecule is CCC(C)Oc1cccc(C(=O)NNC(=O)c2ccc(OC)cc2)c1. The maximum absolute atomic E-state index is 12.2. The lowest BCUT2D eigenvalue weighted by Gasteiger charge is -2.13. The Kier molecular flexibility index (Phi) is 6.39. The zero-order chi connectivity index (χ0) is 18.2. The van der Waals surface area contributed by atoms with E-state index in [1.807, 2.05) is 13.8 Å². The Balaban J connectivity index is 1.95. The van der Waals surface area contributed by atoms with Crippen molar-refractivity contribution in [3.63, 3.8) is 0 Å². The van der Waals surface area contributed by atoms with Crippen molar-refractivity contribution >= 4 is 11.8 Å². The van der Waals surface area contributed by atoms with Gasteiger partial charge in [0.05, 0.1) is 13.2 Å². The molecule has 25 heavy (non-hydrogen) atoms. The normalized spacial score (nSPS) is 11.3. The predicted molar refractivity (Wildman–Crippen MR) is 94.7 cm³/mol. The largest absolute Gasteiger partial charge is 0.497 e. The third-order valence-corrected chi connectivity index (χ3v) is 3.65. The Morgan fingerprint density at radius 2 is 1.60 bits per heavy atom. The topological polar surface area (TPSA) is 76.7 Å². The Labute approximate surface area is 147 Å². The second-order valence-corrected chi connectivity index (χ2v) is 5.50. The van der Waals surface area contributed by atoms with E-state index in [1.54, 1.807) is 55.6 Å². The Morgan fingerprint density at radius 1 is 0.960 bits per heavy atom. The van der Waals surface area contributed by atoms with Gasteiger partial charge in [0.1, 0.15) is 11.5 Å². The standard InChI is InChI=1S/C19H22N2O4/c1-4-13(2)25-17-7-5-6-15(12-17)19(23)21-20-18(22)14-8-10-16(24-3)11-9-14/h5-13H,4H2,1-3H3,(H,20,22)(H,21,23). The number of methoxy groups -OCH3 is 1. The smallest absolute Gasteiger partial charge is 0.269 e. The summed E-state index contributed by atoms with van der Waals surface area (Å²) >= 11 is 0. The first kappa shape index (κ1) is 18.3. The zero-order valence-corrected chi connectivity index (χ0v) is 14.5. The molecule has 0 spiro atoms.